The van der Waals surface area contributed by atoms with Crippen molar-refractivity contribution in [1.29, 1.82) is 0 Å². The monoisotopic (exact) mass is 193 g/mol. The Morgan fingerprint density at radius 3 is 3.29 bits per heavy atom. The van der Waals surface area contributed by atoms with Crippen LogP contribution in [0, 0.1) is 5.92 Å². The molecule has 0 amide bonds. The Morgan fingerprint density at radius 2 is 2.57 bits per heavy atom. The number of nitrogens with zero attached hydrogens (tertiary/aromatic N) is 2. The van der Waals surface area contributed by atoms with Crippen LogP contribution < -0.4 is 5.32 Å². The third-order valence-corrected chi connectivity index (χ3v) is 2.83. The maximum absolute atomic E-state index is 4.34. The van der Waals surface area contributed by atoms with E-state index in [0.29, 0.717) is 0 Å². The van der Waals surface area contributed by atoms with Crippen molar-refractivity contribution < 1.29 is 0 Å². The molecular formula is C11H19N3. The predicted octanol–water partition coefficient (Wildman–Crippen LogP) is 1.45. The Balaban J connectivity index is 1.88. The van der Waals surface area contributed by atoms with Gasteiger partial charge in [0.2, 0.25) is 0 Å². The van der Waals surface area contributed by atoms with Crippen LogP contribution in [-0.4, -0.2) is 22.9 Å². The molecule has 1 aliphatic rings. The number of aromatic nitrogens is 2. The van der Waals surface area contributed by atoms with Gasteiger partial charge in [0.1, 0.15) is 0 Å². The SMILES string of the molecule is CCCn1cc(CC2CCNC2)cn1. The Morgan fingerprint density at radius 1 is 1.64 bits per heavy atom. The molecule has 1 fully saturated rings. The van der Waals surface area contributed by atoms with Gasteiger partial charge in [-0.3, -0.25) is 4.68 Å². The zero-order chi connectivity index (χ0) is 9.80. The fourth-order valence-electron chi connectivity index (χ4n) is 2.09. The highest BCUT2D eigenvalue weighted by Crippen LogP contribution is 2.14. The van der Waals surface area contributed by atoms with Crippen molar-refractivity contribution in [2.75, 3.05) is 13.1 Å². The Hall–Kier alpha value is -0.830. The normalized spacial score (nSPS) is 21.6. The van der Waals surface area contributed by atoms with Gasteiger partial charge in [-0.2, -0.15) is 5.10 Å². The largest absolute Gasteiger partial charge is 0.316 e. The van der Waals surface area contributed by atoms with Crippen LogP contribution >= 0.6 is 0 Å². The number of hydrogen-bond acceptors (Lipinski definition) is 2. The molecule has 14 heavy (non-hydrogen) atoms. The Labute approximate surface area is 85.5 Å². The highest BCUT2D eigenvalue weighted by molar-refractivity contribution is 5.05. The number of hydrogen-bond donors (Lipinski definition) is 1. The van der Waals surface area contributed by atoms with Crippen LogP contribution in [0.1, 0.15) is 25.3 Å². The van der Waals surface area contributed by atoms with E-state index >= 15 is 0 Å². The first-order valence-corrected chi connectivity index (χ1v) is 5.60. The van der Waals surface area contributed by atoms with Gasteiger partial charge in [-0.05, 0) is 43.8 Å². The van der Waals surface area contributed by atoms with E-state index in [2.05, 4.69) is 28.2 Å². The second-order valence-electron chi connectivity index (χ2n) is 4.17. The van der Waals surface area contributed by atoms with E-state index < -0.39 is 0 Å². The molecule has 0 saturated carbocycles. The van der Waals surface area contributed by atoms with Crippen molar-refractivity contribution in [3.63, 3.8) is 0 Å². The average Bonchev–Trinajstić information content (AvgIpc) is 2.79. The van der Waals surface area contributed by atoms with Gasteiger partial charge in [0, 0.05) is 12.7 Å². The van der Waals surface area contributed by atoms with E-state index in [4.69, 9.17) is 0 Å². The van der Waals surface area contributed by atoms with Crippen LogP contribution in [0.25, 0.3) is 0 Å². The molecule has 1 aromatic heterocycles. The first kappa shape index (κ1) is 9.71. The van der Waals surface area contributed by atoms with Gasteiger partial charge in [-0.15, -0.1) is 0 Å². The summed E-state index contributed by atoms with van der Waals surface area (Å²) < 4.78 is 2.05. The van der Waals surface area contributed by atoms with Crippen LogP contribution in [0.3, 0.4) is 0 Å². The van der Waals surface area contributed by atoms with Gasteiger partial charge in [-0.25, -0.2) is 0 Å². The van der Waals surface area contributed by atoms with Gasteiger partial charge in [0.05, 0.1) is 6.20 Å². The molecule has 2 heterocycles. The Bertz CT molecular complexity index is 274. The molecule has 0 aliphatic carbocycles. The summed E-state index contributed by atoms with van der Waals surface area (Å²) in [7, 11) is 0. The highest BCUT2D eigenvalue weighted by Gasteiger charge is 2.15. The lowest BCUT2D eigenvalue weighted by atomic mass is 10.0. The molecule has 1 atom stereocenters. The van der Waals surface area contributed by atoms with E-state index in [1.807, 2.05) is 6.20 Å². The zero-order valence-electron chi connectivity index (χ0n) is 8.87. The fraction of sp³-hybridized carbons (Fsp3) is 0.727. The first-order chi connectivity index (χ1) is 6.88. The van der Waals surface area contributed by atoms with E-state index in [9.17, 15) is 0 Å². The van der Waals surface area contributed by atoms with Crippen molar-refractivity contribution in [2.45, 2.75) is 32.7 Å². The molecule has 1 saturated heterocycles. The summed E-state index contributed by atoms with van der Waals surface area (Å²) in [6.07, 6.45) is 7.89. The third kappa shape index (κ3) is 2.35. The smallest absolute Gasteiger partial charge is 0.0521 e. The first-order valence-electron chi connectivity index (χ1n) is 5.60. The third-order valence-electron chi connectivity index (χ3n) is 2.83. The molecule has 1 N–H and O–H groups in total. The van der Waals surface area contributed by atoms with Crippen LogP contribution in [0.4, 0.5) is 0 Å². The standard InChI is InChI=1S/C11H19N3/c1-2-5-14-9-11(8-13-14)6-10-3-4-12-7-10/h8-10,12H,2-7H2,1H3. The van der Waals surface area contributed by atoms with E-state index in [-0.39, 0.29) is 0 Å². The lowest BCUT2D eigenvalue weighted by Gasteiger charge is -2.04. The molecule has 1 unspecified atom stereocenters. The summed E-state index contributed by atoms with van der Waals surface area (Å²) in [5, 5.41) is 7.74. The topological polar surface area (TPSA) is 29.9 Å². The minimum absolute atomic E-state index is 0.828. The minimum Gasteiger partial charge on any atom is -0.316 e. The number of rotatable bonds is 4. The lowest BCUT2D eigenvalue weighted by molar-refractivity contribution is 0.576. The second-order valence-corrected chi connectivity index (χ2v) is 4.17. The van der Waals surface area contributed by atoms with Gasteiger partial charge in [-0.1, -0.05) is 6.92 Å². The van der Waals surface area contributed by atoms with Gasteiger partial charge in [0.15, 0.2) is 0 Å². The summed E-state index contributed by atoms with van der Waals surface area (Å²) in [6.45, 7) is 5.60. The van der Waals surface area contributed by atoms with Crippen molar-refractivity contribution in [3.8, 4) is 0 Å². The molecule has 0 aromatic carbocycles. The maximum atomic E-state index is 4.34. The second kappa shape index (κ2) is 4.60. The summed E-state index contributed by atoms with van der Waals surface area (Å²) in [6, 6.07) is 0. The van der Waals surface area contributed by atoms with Crippen molar-refractivity contribution in [1.82, 2.24) is 15.1 Å². The van der Waals surface area contributed by atoms with E-state index in [1.165, 1.54) is 31.5 Å². The van der Waals surface area contributed by atoms with Crippen molar-refractivity contribution >= 4 is 0 Å². The molecule has 0 radical (unpaired) electrons. The van der Waals surface area contributed by atoms with E-state index in [1.54, 1.807) is 0 Å². The average molecular weight is 193 g/mol. The Kier molecular flexibility index (Phi) is 3.19. The molecule has 1 aromatic rings. The fourth-order valence-corrected chi connectivity index (χ4v) is 2.09. The number of aryl methyl sites for hydroxylation is 1. The summed E-state index contributed by atoms with van der Waals surface area (Å²) in [4.78, 5) is 0. The van der Waals surface area contributed by atoms with Crippen LogP contribution in [0.15, 0.2) is 12.4 Å². The molecule has 1 aliphatic heterocycles. The molecule has 2 rings (SSSR count). The summed E-state index contributed by atoms with van der Waals surface area (Å²) >= 11 is 0. The van der Waals surface area contributed by atoms with E-state index in [0.717, 1.165) is 18.9 Å². The molecule has 3 nitrogen and oxygen atoms in total. The van der Waals surface area contributed by atoms with Crippen molar-refractivity contribution in [3.05, 3.63) is 18.0 Å². The lowest BCUT2D eigenvalue weighted by Crippen LogP contribution is -2.10. The molecule has 0 spiro atoms. The molecular weight excluding hydrogens is 174 g/mol. The summed E-state index contributed by atoms with van der Waals surface area (Å²) in [5.74, 6) is 0.828. The highest BCUT2D eigenvalue weighted by atomic mass is 15.3. The molecule has 0 bridgehead atoms. The summed E-state index contributed by atoms with van der Waals surface area (Å²) in [5.41, 5.74) is 1.40. The maximum Gasteiger partial charge on any atom is 0.0521 e. The zero-order valence-corrected chi connectivity index (χ0v) is 8.87. The van der Waals surface area contributed by atoms with Crippen LogP contribution in [0.5, 0.6) is 0 Å². The quantitative estimate of drug-likeness (QED) is 0.784. The van der Waals surface area contributed by atoms with Crippen LogP contribution in [0.2, 0.25) is 0 Å². The predicted molar refractivity (Wildman–Crippen MR) is 57.2 cm³/mol. The molecule has 78 valence electrons. The van der Waals surface area contributed by atoms with Gasteiger partial charge >= 0.3 is 0 Å². The minimum atomic E-state index is 0.828. The number of nitrogens with one attached hydrogen (secondary N) is 1. The van der Waals surface area contributed by atoms with Gasteiger partial charge in [0.25, 0.3) is 0 Å². The van der Waals surface area contributed by atoms with Crippen LogP contribution in [-0.2, 0) is 13.0 Å². The van der Waals surface area contributed by atoms with Crippen molar-refractivity contribution in [2.24, 2.45) is 5.92 Å². The van der Waals surface area contributed by atoms with Gasteiger partial charge < -0.3 is 5.32 Å². The molecule has 3 heteroatoms.